The second-order valence-electron chi connectivity index (χ2n) is 9.83. The van der Waals surface area contributed by atoms with Crippen molar-refractivity contribution < 1.29 is 9.47 Å². The summed E-state index contributed by atoms with van der Waals surface area (Å²) in [6.45, 7) is 4.81. The van der Waals surface area contributed by atoms with Gasteiger partial charge in [0.15, 0.2) is 0 Å². The quantitative estimate of drug-likeness (QED) is 0.272. The van der Waals surface area contributed by atoms with Crippen molar-refractivity contribution in [3.05, 3.63) is 97.1 Å². The van der Waals surface area contributed by atoms with Crippen LogP contribution < -0.4 is 19.8 Å². The summed E-state index contributed by atoms with van der Waals surface area (Å²) in [5.74, 6) is 1.72. The van der Waals surface area contributed by atoms with Crippen LogP contribution in [-0.4, -0.2) is 32.5 Å². The SMILES string of the molecule is COc1ccc2c(c1)[Si](C)(C)c1cc(OC)ccc1-c1c(-c3ccccc3)nnc(-c3ccccc3)c1-2. The summed E-state index contributed by atoms with van der Waals surface area (Å²) in [6.07, 6.45) is 0. The van der Waals surface area contributed by atoms with Crippen molar-refractivity contribution in [3.63, 3.8) is 0 Å². The van der Waals surface area contributed by atoms with Gasteiger partial charge < -0.3 is 9.47 Å². The van der Waals surface area contributed by atoms with Gasteiger partial charge in [0.1, 0.15) is 31.0 Å². The third kappa shape index (κ3) is 3.74. The fourth-order valence-electron chi connectivity index (χ4n) is 5.47. The van der Waals surface area contributed by atoms with E-state index in [4.69, 9.17) is 19.7 Å². The van der Waals surface area contributed by atoms with Gasteiger partial charge in [0.2, 0.25) is 0 Å². The number of aromatic nitrogens is 2. The van der Waals surface area contributed by atoms with Crippen LogP contribution in [0.4, 0.5) is 0 Å². The highest BCUT2D eigenvalue weighted by molar-refractivity contribution is 7.02. The Bertz CT molecular complexity index is 1500. The van der Waals surface area contributed by atoms with E-state index in [0.29, 0.717) is 0 Å². The summed E-state index contributed by atoms with van der Waals surface area (Å²) in [5, 5.41) is 12.4. The van der Waals surface area contributed by atoms with E-state index in [9.17, 15) is 0 Å². The standard InChI is InChI=1S/C32H28N2O2Si/c1-35-23-15-17-25-27(19-23)37(3,4)28-20-24(36-2)16-18-26(28)30-29(25)31(21-11-7-5-8-12-21)33-34-32(30)22-13-9-6-10-14-22/h5-20H,1-4H3. The van der Waals surface area contributed by atoms with Crippen LogP contribution in [0.25, 0.3) is 44.8 Å². The second kappa shape index (κ2) is 9.02. The summed E-state index contributed by atoms with van der Waals surface area (Å²) in [4.78, 5) is 0. The summed E-state index contributed by atoms with van der Waals surface area (Å²) in [7, 11) is 1.22. The van der Waals surface area contributed by atoms with E-state index < -0.39 is 8.07 Å². The minimum absolute atomic E-state index is 0.860. The first-order valence-electron chi connectivity index (χ1n) is 12.4. The Morgan fingerprint density at radius 2 is 0.946 bits per heavy atom. The first kappa shape index (κ1) is 23.2. The molecule has 182 valence electrons. The van der Waals surface area contributed by atoms with Crippen molar-refractivity contribution in [2.24, 2.45) is 0 Å². The van der Waals surface area contributed by atoms with Gasteiger partial charge >= 0.3 is 0 Å². The van der Waals surface area contributed by atoms with Crippen molar-refractivity contribution in [1.82, 2.24) is 10.2 Å². The topological polar surface area (TPSA) is 44.2 Å². The molecule has 5 heteroatoms. The lowest BCUT2D eigenvalue weighted by Crippen LogP contribution is -2.53. The van der Waals surface area contributed by atoms with Gasteiger partial charge in [-0.3, -0.25) is 0 Å². The minimum atomic E-state index is -2.24. The molecule has 0 aliphatic carbocycles. The molecule has 0 fully saturated rings. The van der Waals surface area contributed by atoms with Gasteiger partial charge in [-0.05, 0) is 45.8 Å². The first-order valence-corrected chi connectivity index (χ1v) is 15.4. The maximum absolute atomic E-state index is 5.71. The molecule has 6 rings (SSSR count). The van der Waals surface area contributed by atoms with Gasteiger partial charge in [-0.25, -0.2) is 0 Å². The molecular weight excluding hydrogens is 472 g/mol. The minimum Gasteiger partial charge on any atom is -0.497 e. The second-order valence-corrected chi connectivity index (χ2v) is 14.2. The van der Waals surface area contributed by atoms with E-state index in [1.807, 2.05) is 12.1 Å². The lowest BCUT2D eigenvalue weighted by atomic mass is 9.88. The average molecular weight is 501 g/mol. The lowest BCUT2D eigenvalue weighted by molar-refractivity contribution is 0.415. The third-order valence-corrected chi connectivity index (χ3v) is 10.9. The Labute approximate surface area is 218 Å². The predicted molar refractivity (Wildman–Crippen MR) is 154 cm³/mol. The van der Waals surface area contributed by atoms with Gasteiger partial charge in [0.05, 0.1) is 14.2 Å². The molecule has 5 aromatic rings. The van der Waals surface area contributed by atoms with Crippen LogP contribution in [0.15, 0.2) is 97.1 Å². The summed E-state index contributed by atoms with van der Waals surface area (Å²) in [6, 6.07) is 33.7. The molecule has 1 aromatic heterocycles. The van der Waals surface area contributed by atoms with Crippen molar-refractivity contribution in [3.8, 4) is 56.3 Å². The predicted octanol–water partition coefficient (Wildman–Crippen LogP) is 6.30. The van der Waals surface area contributed by atoms with E-state index in [1.54, 1.807) is 14.2 Å². The number of hydrogen-bond acceptors (Lipinski definition) is 4. The number of benzene rings is 4. The maximum atomic E-state index is 5.71. The zero-order chi connectivity index (χ0) is 25.6. The Morgan fingerprint density at radius 1 is 0.541 bits per heavy atom. The van der Waals surface area contributed by atoms with E-state index in [-0.39, 0.29) is 0 Å². The number of methoxy groups -OCH3 is 2. The van der Waals surface area contributed by atoms with Gasteiger partial charge in [0.25, 0.3) is 0 Å². The number of rotatable bonds is 4. The fourth-order valence-corrected chi connectivity index (χ4v) is 8.53. The molecule has 0 N–H and O–H groups in total. The van der Waals surface area contributed by atoms with Crippen molar-refractivity contribution in [1.29, 1.82) is 0 Å². The molecule has 4 aromatic carbocycles. The molecule has 0 saturated carbocycles. The van der Waals surface area contributed by atoms with Crippen LogP contribution >= 0.6 is 0 Å². The zero-order valence-corrected chi connectivity index (χ0v) is 22.4. The van der Waals surface area contributed by atoms with Gasteiger partial charge in [-0.1, -0.05) is 85.9 Å². The molecule has 37 heavy (non-hydrogen) atoms. The molecule has 0 saturated heterocycles. The first-order chi connectivity index (χ1) is 18.0. The lowest BCUT2D eigenvalue weighted by Gasteiger charge is -2.27. The van der Waals surface area contributed by atoms with Crippen LogP contribution in [0, 0.1) is 0 Å². The van der Waals surface area contributed by atoms with Gasteiger partial charge in [0, 0.05) is 22.3 Å². The average Bonchev–Trinajstić information content (AvgIpc) is 3.04. The van der Waals surface area contributed by atoms with Crippen molar-refractivity contribution in [2.75, 3.05) is 14.2 Å². The maximum Gasteiger partial charge on any atom is 0.118 e. The number of ether oxygens (including phenoxy) is 2. The Balaban J connectivity index is 1.84. The highest BCUT2D eigenvalue weighted by atomic mass is 28.3. The Kier molecular flexibility index (Phi) is 5.65. The molecule has 1 aliphatic heterocycles. The van der Waals surface area contributed by atoms with Crippen LogP contribution in [0.5, 0.6) is 11.5 Å². The Morgan fingerprint density at radius 3 is 1.32 bits per heavy atom. The zero-order valence-electron chi connectivity index (χ0n) is 21.4. The van der Waals surface area contributed by atoms with Crippen molar-refractivity contribution >= 4 is 18.4 Å². The Hall–Kier alpha value is -4.22. The van der Waals surface area contributed by atoms with E-state index >= 15 is 0 Å². The highest BCUT2D eigenvalue weighted by Crippen LogP contribution is 2.45. The monoisotopic (exact) mass is 500 g/mol. The molecule has 0 bridgehead atoms. The normalized spacial score (nSPS) is 13.1. The molecule has 2 heterocycles. The molecule has 1 aliphatic rings. The van der Waals surface area contributed by atoms with E-state index in [2.05, 4.69) is 98.0 Å². The number of fused-ring (bicyclic) bond motifs is 5. The summed E-state index contributed by atoms with van der Waals surface area (Å²) in [5.41, 5.74) is 8.46. The van der Waals surface area contributed by atoms with E-state index in [1.165, 1.54) is 21.5 Å². The summed E-state index contributed by atoms with van der Waals surface area (Å²) >= 11 is 0. The van der Waals surface area contributed by atoms with E-state index in [0.717, 1.165) is 45.1 Å². The van der Waals surface area contributed by atoms with Crippen LogP contribution in [-0.2, 0) is 0 Å². The number of hydrogen-bond donors (Lipinski definition) is 0. The summed E-state index contributed by atoms with van der Waals surface area (Å²) < 4.78 is 11.4. The molecule has 0 atom stereocenters. The highest BCUT2D eigenvalue weighted by Gasteiger charge is 2.38. The van der Waals surface area contributed by atoms with Crippen LogP contribution in [0.3, 0.4) is 0 Å². The van der Waals surface area contributed by atoms with Crippen LogP contribution in [0.1, 0.15) is 0 Å². The molecule has 0 unspecified atom stereocenters. The molecular formula is C32H28N2O2Si. The fraction of sp³-hybridized carbons (Fsp3) is 0.125. The third-order valence-electron chi connectivity index (χ3n) is 7.41. The molecule has 0 spiro atoms. The van der Waals surface area contributed by atoms with Crippen molar-refractivity contribution in [2.45, 2.75) is 13.1 Å². The van der Waals surface area contributed by atoms with Crippen LogP contribution in [0.2, 0.25) is 13.1 Å². The smallest absolute Gasteiger partial charge is 0.118 e. The largest absolute Gasteiger partial charge is 0.497 e. The molecule has 0 radical (unpaired) electrons. The molecule has 0 amide bonds. The van der Waals surface area contributed by atoms with Gasteiger partial charge in [-0.15, -0.1) is 10.2 Å². The van der Waals surface area contributed by atoms with Gasteiger partial charge in [-0.2, -0.15) is 0 Å². The molecule has 4 nitrogen and oxygen atoms in total. The number of nitrogens with zero attached hydrogens (tertiary/aromatic N) is 2.